The molecule has 1 aliphatic carbocycles. The lowest BCUT2D eigenvalue weighted by molar-refractivity contribution is 0.414. The Bertz CT molecular complexity index is 692. The Hall–Kier alpha value is -2.28. The molecule has 0 fully saturated rings. The molecule has 0 unspecified atom stereocenters. The average molecular weight is 262 g/mol. The fourth-order valence-corrected chi connectivity index (χ4v) is 2.68. The molecule has 0 aromatic heterocycles. The molecule has 100 valence electrons. The van der Waals surface area contributed by atoms with Gasteiger partial charge in [-0.1, -0.05) is 49.4 Å². The van der Waals surface area contributed by atoms with Gasteiger partial charge in [-0.25, -0.2) is 0 Å². The van der Waals surface area contributed by atoms with E-state index in [1.54, 1.807) is 7.11 Å². The van der Waals surface area contributed by atoms with E-state index in [0.29, 0.717) is 0 Å². The van der Waals surface area contributed by atoms with Crippen molar-refractivity contribution >= 4 is 17.2 Å². The minimum Gasteiger partial charge on any atom is -0.497 e. The molecule has 0 radical (unpaired) electrons. The summed E-state index contributed by atoms with van der Waals surface area (Å²) in [6.07, 6.45) is 5.58. The molecule has 0 atom stereocenters. The predicted octanol–water partition coefficient (Wildman–Crippen LogP) is 5.04. The molecular weight excluding hydrogens is 244 g/mol. The van der Waals surface area contributed by atoms with Gasteiger partial charge in [0.1, 0.15) is 5.75 Å². The quantitative estimate of drug-likeness (QED) is 0.752. The van der Waals surface area contributed by atoms with Gasteiger partial charge in [0, 0.05) is 0 Å². The average Bonchev–Trinajstić information content (AvgIpc) is 2.86. The molecule has 3 rings (SSSR count). The van der Waals surface area contributed by atoms with E-state index in [9.17, 15) is 0 Å². The van der Waals surface area contributed by atoms with Crippen molar-refractivity contribution in [3.8, 4) is 5.75 Å². The first kappa shape index (κ1) is 12.7. The number of benzene rings is 2. The van der Waals surface area contributed by atoms with Gasteiger partial charge in [-0.05, 0) is 52.5 Å². The van der Waals surface area contributed by atoms with Crippen LogP contribution in [0.5, 0.6) is 5.75 Å². The van der Waals surface area contributed by atoms with Gasteiger partial charge < -0.3 is 4.74 Å². The highest BCUT2D eigenvalue weighted by atomic mass is 16.5. The summed E-state index contributed by atoms with van der Waals surface area (Å²) in [6, 6.07) is 16.8. The molecule has 20 heavy (non-hydrogen) atoms. The smallest absolute Gasteiger partial charge is 0.119 e. The third-order valence-electron chi connectivity index (χ3n) is 3.71. The van der Waals surface area contributed by atoms with E-state index < -0.39 is 0 Å². The van der Waals surface area contributed by atoms with Crippen LogP contribution in [0.15, 0.2) is 54.6 Å². The first-order valence-corrected chi connectivity index (χ1v) is 6.98. The summed E-state index contributed by atoms with van der Waals surface area (Å²) in [7, 11) is 1.70. The van der Waals surface area contributed by atoms with Crippen LogP contribution in [0.3, 0.4) is 0 Å². The third-order valence-corrected chi connectivity index (χ3v) is 3.71. The maximum Gasteiger partial charge on any atom is 0.119 e. The molecule has 0 bridgehead atoms. The maximum atomic E-state index is 5.29. The van der Waals surface area contributed by atoms with Crippen LogP contribution in [0.2, 0.25) is 0 Å². The van der Waals surface area contributed by atoms with Crippen molar-refractivity contribution in [2.24, 2.45) is 0 Å². The number of ether oxygens (including phenoxy) is 1. The van der Waals surface area contributed by atoms with Gasteiger partial charge in [-0.3, -0.25) is 0 Å². The predicted molar refractivity (Wildman–Crippen MR) is 85.6 cm³/mol. The monoisotopic (exact) mass is 262 g/mol. The highest BCUT2D eigenvalue weighted by molar-refractivity contribution is 6.01. The second kappa shape index (κ2) is 5.38. The van der Waals surface area contributed by atoms with E-state index in [1.165, 1.54) is 27.8 Å². The standard InChI is InChI=1S/C19H18O/c1-3-15-13-16(19-10-5-4-9-18(15)19)11-14-7-6-8-17(12-14)20-2/h4-13H,3H2,1-2H3. The number of rotatable bonds is 3. The molecule has 1 heteroatoms. The van der Waals surface area contributed by atoms with Crippen LogP contribution in [-0.4, -0.2) is 7.11 Å². The summed E-state index contributed by atoms with van der Waals surface area (Å²) in [5.74, 6) is 0.894. The Morgan fingerprint density at radius 3 is 2.55 bits per heavy atom. The van der Waals surface area contributed by atoms with E-state index in [1.807, 2.05) is 12.1 Å². The van der Waals surface area contributed by atoms with Gasteiger partial charge in [0.2, 0.25) is 0 Å². The second-order valence-electron chi connectivity index (χ2n) is 4.95. The Morgan fingerprint density at radius 1 is 1.00 bits per heavy atom. The number of allylic oxidation sites excluding steroid dienone is 3. The zero-order valence-corrected chi connectivity index (χ0v) is 11.9. The van der Waals surface area contributed by atoms with E-state index in [2.05, 4.69) is 55.5 Å². The number of hydrogen-bond acceptors (Lipinski definition) is 1. The Labute approximate surface area is 120 Å². The molecule has 0 N–H and O–H groups in total. The maximum absolute atomic E-state index is 5.29. The van der Waals surface area contributed by atoms with Crippen molar-refractivity contribution in [1.82, 2.24) is 0 Å². The van der Waals surface area contributed by atoms with Gasteiger partial charge in [0.25, 0.3) is 0 Å². The first-order chi connectivity index (χ1) is 9.81. The molecule has 0 amide bonds. The van der Waals surface area contributed by atoms with Crippen molar-refractivity contribution in [1.29, 1.82) is 0 Å². The topological polar surface area (TPSA) is 9.23 Å². The summed E-state index contributed by atoms with van der Waals surface area (Å²) in [6.45, 7) is 2.21. The van der Waals surface area contributed by atoms with Gasteiger partial charge in [-0.15, -0.1) is 0 Å². The SMILES string of the molecule is CCC1=CC(=Cc2cccc(OC)c2)c2ccccc21. The highest BCUT2D eigenvalue weighted by Crippen LogP contribution is 2.37. The lowest BCUT2D eigenvalue weighted by Gasteiger charge is -2.04. The van der Waals surface area contributed by atoms with E-state index in [-0.39, 0.29) is 0 Å². The summed E-state index contributed by atoms with van der Waals surface area (Å²) in [4.78, 5) is 0. The Kier molecular flexibility index (Phi) is 3.42. The van der Waals surface area contributed by atoms with Crippen molar-refractivity contribution in [3.63, 3.8) is 0 Å². The lowest BCUT2D eigenvalue weighted by Crippen LogP contribution is -1.84. The summed E-state index contributed by atoms with van der Waals surface area (Å²) in [5, 5.41) is 0. The molecule has 1 nitrogen and oxygen atoms in total. The molecule has 0 aliphatic heterocycles. The molecule has 0 heterocycles. The van der Waals surface area contributed by atoms with Crippen LogP contribution < -0.4 is 4.74 Å². The summed E-state index contributed by atoms with van der Waals surface area (Å²) in [5.41, 5.74) is 6.56. The zero-order chi connectivity index (χ0) is 13.9. The third kappa shape index (κ3) is 2.27. The summed E-state index contributed by atoms with van der Waals surface area (Å²) < 4.78 is 5.29. The Balaban J connectivity index is 2.06. The largest absolute Gasteiger partial charge is 0.497 e. The van der Waals surface area contributed by atoms with Gasteiger partial charge >= 0.3 is 0 Å². The molecule has 2 aromatic rings. The normalized spacial score (nSPS) is 15.1. The molecular formula is C19H18O. The van der Waals surface area contributed by atoms with Crippen molar-refractivity contribution in [2.75, 3.05) is 7.11 Å². The van der Waals surface area contributed by atoms with Crippen LogP contribution >= 0.6 is 0 Å². The highest BCUT2D eigenvalue weighted by Gasteiger charge is 2.16. The zero-order valence-electron chi connectivity index (χ0n) is 11.9. The Morgan fingerprint density at radius 2 is 1.80 bits per heavy atom. The van der Waals surface area contributed by atoms with Gasteiger partial charge in [0.05, 0.1) is 7.11 Å². The van der Waals surface area contributed by atoms with Crippen LogP contribution in [0, 0.1) is 0 Å². The van der Waals surface area contributed by atoms with Crippen molar-refractivity contribution in [3.05, 3.63) is 71.3 Å². The van der Waals surface area contributed by atoms with Crippen LogP contribution in [0.25, 0.3) is 17.2 Å². The molecule has 0 saturated heterocycles. The first-order valence-electron chi connectivity index (χ1n) is 6.98. The number of methoxy groups -OCH3 is 1. The summed E-state index contributed by atoms with van der Waals surface area (Å²) >= 11 is 0. The fraction of sp³-hybridized carbons (Fsp3) is 0.158. The van der Waals surface area contributed by atoms with Crippen LogP contribution in [0.4, 0.5) is 0 Å². The van der Waals surface area contributed by atoms with Crippen LogP contribution in [0.1, 0.15) is 30.0 Å². The number of fused-ring (bicyclic) bond motifs is 1. The van der Waals surface area contributed by atoms with E-state index >= 15 is 0 Å². The van der Waals surface area contributed by atoms with Crippen molar-refractivity contribution in [2.45, 2.75) is 13.3 Å². The van der Waals surface area contributed by atoms with Crippen molar-refractivity contribution < 1.29 is 4.74 Å². The van der Waals surface area contributed by atoms with Crippen LogP contribution in [-0.2, 0) is 0 Å². The molecule has 1 aliphatic rings. The van der Waals surface area contributed by atoms with Gasteiger partial charge in [-0.2, -0.15) is 0 Å². The fourth-order valence-electron chi connectivity index (χ4n) is 2.68. The minimum atomic E-state index is 0.894. The molecule has 2 aromatic carbocycles. The van der Waals surface area contributed by atoms with Gasteiger partial charge in [0.15, 0.2) is 0 Å². The molecule has 0 saturated carbocycles. The van der Waals surface area contributed by atoms with E-state index in [0.717, 1.165) is 12.2 Å². The lowest BCUT2D eigenvalue weighted by atomic mass is 10.0. The van der Waals surface area contributed by atoms with E-state index in [4.69, 9.17) is 4.74 Å². The molecule has 0 spiro atoms. The number of hydrogen-bond donors (Lipinski definition) is 0. The minimum absolute atomic E-state index is 0.894. The second-order valence-corrected chi connectivity index (χ2v) is 4.95.